The Morgan fingerprint density at radius 2 is 1.87 bits per heavy atom. The molecule has 1 fully saturated rings. The lowest BCUT2D eigenvalue weighted by Crippen LogP contribution is -2.45. The average molecular weight is 449 g/mol. The van der Waals surface area contributed by atoms with Gasteiger partial charge in [-0.2, -0.15) is 0 Å². The van der Waals surface area contributed by atoms with E-state index in [4.69, 9.17) is 14.6 Å². The van der Waals surface area contributed by atoms with Crippen LogP contribution in [0.15, 0.2) is 53.4 Å². The van der Waals surface area contributed by atoms with E-state index in [-0.39, 0.29) is 11.2 Å². The molecule has 0 atom stereocenters. The quantitative estimate of drug-likeness (QED) is 0.457. The fourth-order valence-electron chi connectivity index (χ4n) is 3.52. The number of nitro groups is 1. The second-order valence-corrected chi connectivity index (χ2v) is 8.82. The van der Waals surface area contributed by atoms with Crippen molar-refractivity contribution in [3.8, 4) is 5.75 Å². The number of rotatable bonds is 8. The van der Waals surface area contributed by atoms with Crippen molar-refractivity contribution in [2.75, 3.05) is 26.4 Å². The van der Waals surface area contributed by atoms with Gasteiger partial charge >= 0.3 is 5.69 Å². The lowest BCUT2D eigenvalue weighted by molar-refractivity contribution is -0.386. The van der Waals surface area contributed by atoms with Crippen LogP contribution in [0.1, 0.15) is 18.4 Å². The normalized spacial score (nSPS) is 15.8. The van der Waals surface area contributed by atoms with Crippen molar-refractivity contribution in [2.45, 2.75) is 23.2 Å². The van der Waals surface area contributed by atoms with Crippen LogP contribution in [0, 0.1) is 10.1 Å². The first-order valence-corrected chi connectivity index (χ1v) is 11.1. The first-order chi connectivity index (χ1) is 14.7. The van der Waals surface area contributed by atoms with Crippen LogP contribution in [0.2, 0.25) is 0 Å². The molecule has 3 N–H and O–H groups in total. The van der Waals surface area contributed by atoms with Gasteiger partial charge in [0.2, 0.25) is 10.0 Å². The van der Waals surface area contributed by atoms with Gasteiger partial charge in [0.25, 0.3) is 5.91 Å². The maximum Gasteiger partial charge on any atom is 0.312 e. The minimum absolute atomic E-state index is 0.226. The lowest BCUT2D eigenvalue weighted by Gasteiger charge is -2.38. The van der Waals surface area contributed by atoms with Crippen LogP contribution in [0.3, 0.4) is 0 Å². The van der Waals surface area contributed by atoms with Gasteiger partial charge in [0, 0.05) is 31.2 Å². The van der Waals surface area contributed by atoms with Gasteiger partial charge in [0.1, 0.15) is 0 Å². The molecule has 0 bridgehead atoms. The summed E-state index contributed by atoms with van der Waals surface area (Å²) in [6, 6.07) is 12.8. The van der Waals surface area contributed by atoms with E-state index < -0.39 is 38.0 Å². The Hall–Kier alpha value is -3.02. The van der Waals surface area contributed by atoms with Crippen molar-refractivity contribution in [1.29, 1.82) is 0 Å². The maximum atomic E-state index is 12.4. The summed E-state index contributed by atoms with van der Waals surface area (Å²) in [6.07, 6.45) is 1.50. The van der Waals surface area contributed by atoms with Crippen molar-refractivity contribution in [3.05, 3.63) is 64.2 Å². The number of amides is 1. The van der Waals surface area contributed by atoms with E-state index in [1.807, 2.05) is 30.3 Å². The van der Waals surface area contributed by atoms with Crippen molar-refractivity contribution in [3.63, 3.8) is 0 Å². The molecule has 1 saturated heterocycles. The van der Waals surface area contributed by atoms with Crippen LogP contribution < -0.4 is 15.2 Å². The van der Waals surface area contributed by atoms with Gasteiger partial charge in [-0.05, 0) is 30.5 Å². The Bertz CT molecular complexity index is 1050. The first-order valence-electron chi connectivity index (χ1n) is 9.55. The molecular formula is C20H23N3O7S. The summed E-state index contributed by atoms with van der Waals surface area (Å²) >= 11 is 0. The highest BCUT2D eigenvalue weighted by atomic mass is 32.2. The van der Waals surface area contributed by atoms with Gasteiger partial charge in [0.05, 0.1) is 9.82 Å². The third-order valence-corrected chi connectivity index (χ3v) is 6.19. The van der Waals surface area contributed by atoms with Crippen LogP contribution in [0.25, 0.3) is 0 Å². The summed E-state index contributed by atoms with van der Waals surface area (Å²) in [5.74, 6) is -0.678. The molecule has 0 spiro atoms. The highest BCUT2D eigenvalue weighted by molar-refractivity contribution is 7.89. The summed E-state index contributed by atoms with van der Waals surface area (Å²) in [5.41, 5.74) is 0.247. The average Bonchev–Trinajstić information content (AvgIpc) is 2.76. The van der Waals surface area contributed by atoms with Gasteiger partial charge in [-0.25, -0.2) is 13.6 Å². The molecule has 3 rings (SSSR count). The van der Waals surface area contributed by atoms with E-state index in [0.29, 0.717) is 19.8 Å². The Morgan fingerprint density at radius 3 is 2.48 bits per heavy atom. The number of ether oxygens (including phenoxy) is 2. The Morgan fingerprint density at radius 1 is 1.19 bits per heavy atom. The molecule has 1 aliphatic heterocycles. The smallest absolute Gasteiger partial charge is 0.312 e. The van der Waals surface area contributed by atoms with E-state index in [2.05, 4.69) is 5.32 Å². The molecule has 0 aliphatic carbocycles. The van der Waals surface area contributed by atoms with Crippen LogP contribution in [0.5, 0.6) is 5.75 Å². The van der Waals surface area contributed by atoms with Gasteiger partial charge in [-0.15, -0.1) is 0 Å². The highest BCUT2D eigenvalue weighted by Gasteiger charge is 2.34. The van der Waals surface area contributed by atoms with E-state index in [1.165, 1.54) is 0 Å². The van der Waals surface area contributed by atoms with Crippen LogP contribution >= 0.6 is 0 Å². The maximum absolute atomic E-state index is 12.4. The molecule has 11 heteroatoms. The lowest BCUT2D eigenvalue weighted by atomic mass is 9.74. The molecule has 1 amide bonds. The SMILES string of the molecule is NS(=O)(=O)c1ccc(OCC(=O)NCC2(c3ccccc3)CCOCC2)c([N+](=O)[O-])c1. The largest absolute Gasteiger partial charge is 0.477 e. The molecule has 166 valence electrons. The van der Waals surface area contributed by atoms with Crippen LogP contribution in [-0.4, -0.2) is 45.6 Å². The first kappa shape index (κ1) is 22.7. The van der Waals surface area contributed by atoms with Crippen molar-refractivity contribution in [2.24, 2.45) is 5.14 Å². The third kappa shape index (κ3) is 5.57. The molecule has 0 saturated carbocycles. The molecule has 2 aromatic rings. The molecule has 0 radical (unpaired) electrons. The number of hydrogen-bond donors (Lipinski definition) is 2. The summed E-state index contributed by atoms with van der Waals surface area (Å²) in [6.45, 7) is 1.08. The highest BCUT2D eigenvalue weighted by Crippen LogP contribution is 2.34. The van der Waals surface area contributed by atoms with Gasteiger partial charge < -0.3 is 14.8 Å². The number of sulfonamides is 1. The number of benzene rings is 2. The molecular weight excluding hydrogens is 426 g/mol. The minimum atomic E-state index is -4.11. The Balaban J connectivity index is 1.67. The zero-order valence-electron chi connectivity index (χ0n) is 16.7. The number of carbonyl (C=O) groups is 1. The van der Waals surface area contributed by atoms with E-state index in [9.17, 15) is 23.3 Å². The third-order valence-electron chi connectivity index (χ3n) is 5.27. The molecule has 0 aromatic heterocycles. The fourth-order valence-corrected chi connectivity index (χ4v) is 4.06. The summed E-state index contributed by atoms with van der Waals surface area (Å²) < 4.78 is 33.6. The molecule has 0 unspecified atom stereocenters. The molecule has 1 heterocycles. The Labute approximate surface area is 179 Å². The second kappa shape index (κ2) is 9.41. The predicted octanol–water partition coefficient (Wildman–Crippen LogP) is 1.49. The number of nitrogens with one attached hydrogen (secondary N) is 1. The summed E-state index contributed by atoms with van der Waals surface area (Å²) in [5, 5.41) is 19.1. The number of primary sulfonamides is 1. The topological polar surface area (TPSA) is 151 Å². The van der Waals surface area contributed by atoms with Crippen molar-refractivity contribution < 1.29 is 27.6 Å². The van der Waals surface area contributed by atoms with E-state index >= 15 is 0 Å². The predicted molar refractivity (Wildman–Crippen MR) is 111 cm³/mol. The van der Waals surface area contributed by atoms with E-state index in [0.717, 1.165) is 36.6 Å². The van der Waals surface area contributed by atoms with Crippen molar-refractivity contribution >= 4 is 21.6 Å². The van der Waals surface area contributed by atoms with Gasteiger partial charge in [-0.3, -0.25) is 14.9 Å². The zero-order valence-corrected chi connectivity index (χ0v) is 17.5. The molecule has 10 nitrogen and oxygen atoms in total. The van der Waals surface area contributed by atoms with Crippen LogP contribution in [0.4, 0.5) is 5.69 Å². The number of nitro benzene ring substituents is 1. The fraction of sp³-hybridized carbons (Fsp3) is 0.350. The molecule has 1 aliphatic rings. The number of hydrogen-bond acceptors (Lipinski definition) is 7. The number of carbonyl (C=O) groups excluding carboxylic acids is 1. The van der Waals surface area contributed by atoms with Gasteiger partial charge in [-0.1, -0.05) is 30.3 Å². The number of nitrogens with zero attached hydrogens (tertiary/aromatic N) is 1. The standard InChI is InChI=1S/C20H23N3O7S/c21-31(27,28)16-6-7-18(17(12-16)23(25)26)30-13-19(24)22-14-20(8-10-29-11-9-20)15-4-2-1-3-5-15/h1-7,12H,8-11,13-14H2,(H,22,24)(H2,21,27,28). The summed E-state index contributed by atoms with van der Waals surface area (Å²) in [4.78, 5) is 22.4. The zero-order chi connectivity index (χ0) is 22.5. The summed E-state index contributed by atoms with van der Waals surface area (Å²) in [7, 11) is -4.11. The van der Waals surface area contributed by atoms with Gasteiger partial charge in [0.15, 0.2) is 12.4 Å². The number of nitrogens with two attached hydrogens (primary N) is 1. The monoisotopic (exact) mass is 449 g/mol. The van der Waals surface area contributed by atoms with Crippen LogP contribution in [-0.2, 0) is 25.0 Å². The van der Waals surface area contributed by atoms with Crippen molar-refractivity contribution in [1.82, 2.24) is 5.32 Å². The minimum Gasteiger partial charge on any atom is -0.477 e. The molecule has 2 aromatic carbocycles. The molecule has 31 heavy (non-hydrogen) atoms. The second-order valence-electron chi connectivity index (χ2n) is 7.26. The van der Waals surface area contributed by atoms with E-state index in [1.54, 1.807) is 0 Å². The Kier molecular flexibility index (Phi) is 6.88.